The van der Waals surface area contributed by atoms with E-state index in [-0.39, 0.29) is 5.91 Å². The van der Waals surface area contributed by atoms with Gasteiger partial charge in [0.1, 0.15) is 0 Å². The van der Waals surface area contributed by atoms with Gasteiger partial charge in [0.05, 0.1) is 6.54 Å². The van der Waals surface area contributed by atoms with Crippen molar-refractivity contribution in [3.63, 3.8) is 0 Å². The molecular formula is C16H24N2O. The Labute approximate surface area is 116 Å². The van der Waals surface area contributed by atoms with Crippen LogP contribution in [0.25, 0.3) is 0 Å². The highest BCUT2D eigenvalue weighted by Gasteiger charge is 2.18. The first kappa shape index (κ1) is 14.1. The van der Waals surface area contributed by atoms with Gasteiger partial charge in [-0.05, 0) is 62.4 Å². The number of hydrogen-bond donors (Lipinski definition) is 1. The Morgan fingerprint density at radius 3 is 2.84 bits per heavy atom. The van der Waals surface area contributed by atoms with E-state index in [0.29, 0.717) is 12.5 Å². The highest BCUT2D eigenvalue weighted by molar-refractivity contribution is 5.92. The van der Waals surface area contributed by atoms with Crippen LogP contribution in [-0.2, 0) is 4.79 Å². The number of carbonyl (C=O) groups is 1. The zero-order valence-electron chi connectivity index (χ0n) is 12.2. The SMILES string of the molecule is Cc1ccc(NC(=O)CN2CCCC(C)C2)cc1C. The first-order valence-corrected chi connectivity index (χ1v) is 7.14. The second-order valence-electron chi connectivity index (χ2n) is 5.83. The third-order valence-corrected chi connectivity index (χ3v) is 3.90. The van der Waals surface area contributed by atoms with Gasteiger partial charge in [-0.25, -0.2) is 0 Å². The van der Waals surface area contributed by atoms with E-state index < -0.39 is 0 Å². The number of anilines is 1. The molecule has 1 aliphatic rings. The summed E-state index contributed by atoms with van der Waals surface area (Å²) in [5, 5.41) is 2.99. The van der Waals surface area contributed by atoms with Gasteiger partial charge in [-0.3, -0.25) is 9.69 Å². The highest BCUT2D eigenvalue weighted by atomic mass is 16.2. The molecule has 1 N–H and O–H groups in total. The lowest BCUT2D eigenvalue weighted by Crippen LogP contribution is -2.39. The van der Waals surface area contributed by atoms with Crippen molar-refractivity contribution in [1.82, 2.24) is 4.90 Å². The van der Waals surface area contributed by atoms with Crippen LogP contribution in [0.4, 0.5) is 5.69 Å². The summed E-state index contributed by atoms with van der Waals surface area (Å²) in [5.41, 5.74) is 3.37. The van der Waals surface area contributed by atoms with Crippen LogP contribution < -0.4 is 5.32 Å². The van der Waals surface area contributed by atoms with E-state index in [1.165, 1.54) is 24.0 Å². The number of benzene rings is 1. The van der Waals surface area contributed by atoms with Gasteiger partial charge < -0.3 is 5.32 Å². The fourth-order valence-electron chi connectivity index (χ4n) is 2.65. The highest BCUT2D eigenvalue weighted by Crippen LogP contribution is 2.16. The van der Waals surface area contributed by atoms with Crippen molar-refractivity contribution in [2.75, 3.05) is 25.0 Å². The fraction of sp³-hybridized carbons (Fsp3) is 0.562. The van der Waals surface area contributed by atoms with Crippen LogP contribution in [0.5, 0.6) is 0 Å². The lowest BCUT2D eigenvalue weighted by atomic mass is 10.0. The summed E-state index contributed by atoms with van der Waals surface area (Å²) in [4.78, 5) is 14.3. The molecule has 0 bridgehead atoms. The summed E-state index contributed by atoms with van der Waals surface area (Å²) in [5.74, 6) is 0.806. The average Bonchev–Trinajstić information content (AvgIpc) is 2.34. The quantitative estimate of drug-likeness (QED) is 0.906. The summed E-state index contributed by atoms with van der Waals surface area (Å²) in [6.45, 7) is 9.00. The first-order chi connectivity index (χ1) is 9.04. The van der Waals surface area contributed by atoms with Gasteiger partial charge in [0.25, 0.3) is 0 Å². The van der Waals surface area contributed by atoms with Crippen molar-refractivity contribution in [3.8, 4) is 0 Å². The van der Waals surface area contributed by atoms with E-state index in [9.17, 15) is 4.79 Å². The monoisotopic (exact) mass is 260 g/mol. The fourth-order valence-corrected chi connectivity index (χ4v) is 2.65. The van der Waals surface area contributed by atoms with Crippen molar-refractivity contribution in [2.24, 2.45) is 5.92 Å². The summed E-state index contributed by atoms with van der Waals surface area (Å²) in [6.07, 6.45) is 2.49. The number of nitrogens with zero attached hydrogens (tertiary/aromatic N) is 1. The zero-order chi connectivity index (χ0) is 13.8. The van der Waals surface area contributed by atoms with Crippen molar-refractivity contribution in [3.05, 3.63) is 29.3 Å². The maximum atomic E-state index is 12.0. The number of piperidine rings is 1. The molecule has 0 aliphatic carbocycles. The van der Waals surface area contributed by atoms with Crippen LogP contribution in [0.3, 0.4) is 0 Å². The van der Waals surface area contributed by atoms with Crippen LogP contribution in [0.2, 0.25) is 0 Å². The third kappa shape index (κ3) is 4.06. The standard InChI is InChI=1S/C16H24N2O/c1-12-5-4-8-18(10-12)11-16(19)17-15-7-6-13(2)14(3)9-15/h6-7,9,12H,4-5,8,10-11H2,1-3H3,(H,17,19). The molecule has 0 radical (unpaired) electrons. The summed E-state index contributed by atoms with van der Waals surface area (Å²) >= 11 is 0. The van der Waals surface area contributed by atoms with Crippen molar-refractivity contribution < 1.29 is 4.79 Å². The number of likely N-dealkylation sites (tertiary alicyclic amines) is 1. The summed E-state index contributed by atoms with van der Waals surface area (Å²) in [6, 6.07) is 6.05. The Bertz CT molecular complexity index is 456. The maximum Gasteiger partial charge on any atom is 0.238 e. The molecule has 1 saturated heterocycles. The molecule has 1 aliphatic heterocycles. The maximum absolute atomic E-state index is 12.0. The Hall–Kier alpha value is -1.35. The number of nitrogens with one attached hydrogen (secondary N) is 1. The van der Waals surface area contributed by atoms with Gasteiger partial charge in [-0.1, -0.05) is 13.0 Å². The van der Waals surface area contributed by atoms with Crippen LogP contribution in [0.1, 0.15) is 30.9 Å². The van der Waals surface area contributed by atoms with Crippen molar-refractivity contribution in [2.45, 2.75) is 33.6 Å². The smallest absolute Gasteiger partial charge is 0.238 e. The molecule has 1 unspecified atom stereocenters. The molecule has 2 rings (SSSR count). The minimum Gasteiger partial charge on any atom is -0.325 e. The predicted molar refractivity (Wildman–Crippen MR) is 79.4 cm³/mol. The molecule has 0 aromatic heterocycles. The van der Waals surface area contributed by atoms with Crippen LogP contribution in [0.15, 0.2) is 18.2 Å². The molecule has 104 valence electrons. The average molecular weight is 260 g/mol. The largest absolute Gasteiger partial charge is 0.325 e. The minimum absolute atomic E-state index is 0.0948. The van der Waals surface area contributed by atoms with E-state index in [1.807, 2.05) is 18.2 Å². The molecule has 19 heavy (non-hydrogen) atoms. The third-order valence-electron chi connectivity index (χ3n) is 3.90. The number of rotatable bonds is 3. The molecule has 0 saturated carbocycles. The molecule has 1 fully saturated rings. The van der Waals surface area contributed by atoms with Gasteiger partial charge in [0.15, 0.2) is 0 Å². The normalized spacial score (nSPS) is 20.3. The number of aryl methyl sites for hydroxylation is 2. The van der Waals surface area contributed by atoms with E-state index in [0.717, 1.165) is 18.8 Å². The molecule has 1 aromatic carbocycles. The molecule has 0 spiro atoms. The Morgan fingerprint density at radius 2 is 2.16 bits per heavy atom. The Morgan fingerprint density at radius 1 is 1.37 bits per heavy atom. The summed E-state index contributed by atoms with van der Waals surface area (Å²) in [7, 11) is 0. The second kappa shape index (κ2) is 6.20. The van der Waals surface area contributed by atoms with Gasteiger partial charge in [0.2, 0.25) is 5.91 Å². The molecule has 1 atom stereocenters. The minimum atomic E-state index is 0.0948. The van der Waals surface area contributed by atoms with Gasteiger partial charge in [0, 0.05) is 12.2 Å². The van der Waals surface area contributed by atoms with Crippen LogP contribution in [0, 0.1) is 19.8 Å². The van der Waals surface area contributed by atoms with Crippen molar-refractivity contribution >= 4 is 11.6 Å². The molecule has 3 nitrogen and oxygen atoms in total. The predicted octanol–water partition coefficient (Wildman–Crippen LogP) is 2.97. The molecule has 1 amide bonds. The van der Waals surface area contributed by atoms with E-state index >= 15 is 0 Å². The lowest BCUT2D eigenvalue weighted by Gasteiger charge is -2.30. The van der Waals surface area contributed by atoms with Crippen LogP contribution in [-0.4, -0.2) is 30.4 Å². The van der Waals surface area contributed by atoms with Gasteiger partial charge in [-0.2, -0.15) is 0 Å². The van der Waals surface area contributed by atoms with Gasteiger partial charge in [-0.15, -0.1) is 0 Å². The van der Waals surface area contributed by atoms with E-state index in [4.69, 9.17) is 0 Å². The molecular weight excluding hydrogens is 236 g/mol. The lowest BCUT2D eigenvalue weighted by molar-refractivity contribution is -0.117. The number of carbonyl (C=O) groups excluding carboxylic acids is 1. The second-order valence-corrected chi connectivity index (χ2v) is 5.83. The van der Waals surface area contributed by atoms with Gasteiger partial charge >= 0.3 is 0 Å². The van der Waals surface area contributed by atoms with E-state index in [2.05, 4.69) is 31.0 Å². The number of amides is 1. The zero-order valence-corrected chi connectivity index (χ0v) is 12.2. The Kier molecular flexibility index (Phi) is 4.59. The summed E-state index contributed by atoms with van der Waals surface area (Å²) < 4.78 is 0. The van der Waals surface area contributed by atoms with E-state index in [1.54, 1.807) is 0 Å². The van der Waals surface area contributed by atoms with Crippen LogP contribution >= 0.6 is 0 Å². The molecule has 3 heteroatoms. The molecule has 1 aromatic rings. The first-order valence-electron chi connectivity index (χ1n) is 7.14. The topological polar surface area (TPSA) is 32.3 Å². The molecule has 1 heterocycles. The van der Waals surface area contributed by atoms with Crippen molar-refractivity contribution in [1.29, 1.82) is 0 Å². The number of hydrogen-bond acceptors (Lipinski definition) is 2. The Balaban J connectivity index is 1.88.